The quantitative estimate of drug-likeness (QED) is 0.787. The molecule has 0 radical (unpaired) electrons. The van der Waals surface area contributed by atoms with Crippen molar-refractivity contribution in [1.29, 1.82) is 0 Å². The summed E-state index contributed by atoms with van der Waals surface area (Å²) in [6, 6.07) is 8.48. The largest absolute Gasteiger partial charge is 0.466 e. The summed E-state index contributed by atoms with van der Waals surface area (Å²) in [7, 11) is 0. The lowest BCUT2D eigenvalue weighted by Gasteiger charge is -2.13. The van der Waals surface area contributed by atoms with Gasteiger partial charge >= 0.3 is 5.97 Å². The van der Waals surface area contributed by atoms with Crippen LogP contribution in [-0.2, 0) is 16.0 Å². The van der Waals surface area contributed by atoms with Crippen molar-refractivity contribution in [2.75, 3.05) is 6.61 Å². The smallest absolute Gasteiger partial charge is 0.302 e. The maximum absolute atomic E-state index is 10.8. The van der Waals surface area contributed by atoms with E-state index in [1.165, 1.54) is 34.4 Å². The van der Waals surface area contributed by atoms with Crippen LogP contribution in [0.3, 0.4) is 0 Å². The van der Waals surface area contributed by atoms with Crippen LogP contribution < -0.4 is 0 Å². The van der Waals surface area contributed by atoms with Gasteiger partial charge in [0.25, 0.3) is 0 Å². The van der Waals surface area contributed by atoms with Gasteiger partial charge in [0.2, 0.25) is 0 Å². The van der Waals surface area contributed by atoms with Crippen LogP contribution in [0.1, 0.15) is 23.6 Å². The van der Waals surface area contributed by atoms with Gasteiger partial charge in [-0.3, -0.25) is 4.79 Å². The molecule has 2 nitrogen and oxygen atoms in total. The normalized spacial score (nSPS) is 10.7. The average molecular weight is 321 g/mol. The molecule has 3 heteroatoms. The van der Waals surface area contributed by atoms with Gasteiger partial charge in [0, 0.05) is 17.8 Å². The highest BCUT2D eigenvalue weighted by Gasteiger charge is 2.10. The fraction of sp³-hybridized carbons (Fsp3) is 0.312. The van der Waals surface area contributed by atoms with E-state index in [4.69, 9.17) is 4.74 Å². The number of hydrogen-bond donors (Lipinski definition) is 0. The van der Waals surface area contributed by atoms with Crippen LogP contribution in [0.15, 0.2) is 28.7 Å². The number of rotatable bonds is 3. The molecule has 0 unspecified atom stereocenters. The molecule has 2 aromatic rings. The molecule has 2 aromatic carbocycles. The van der Waals surface area contributed by atoms with Gasteiger partial charge in [-0.2, -0.15) is 0 Å². The van der Waals surface area contributed by atoms with E-state index in [-0.39, 0.29) is 5.97 Å². The maximum atomic E-state index is 10.8. The zero-order chi connectivity index (χ0) is 14.0. The number of hydrogen-bond acceptors (Lipinski definition) is 2. The van der Waals surface area contributed by atoms with E-state index in [0.29, 0.717) is 6.61 Å². The Labute approximate surface area is 121 Å². The minimum absolute atomic E-state index is 0.232. The van der Waals surface area contributed by atoms with Gasteiger partial charge in [-0.1, -0.05) is 24.3 Å². The highest BCUT2D eigenvalue weighted by atomic mass is 79.9. The van der Waals surface area contributed by atoms with Crippen molar-refractivity contribution in [2.24, 2.45) is 0 Å². The number of esters is 1. The molecule has 0 aliphatic carbocycles. The van der Waals surface area contributed by atoms with Crippen LogP contribution in [0.4, 0.5) is 0 Å². The molecule has 0 amide bonds. The van der Waals surface area contributed by atoms with Gasteiger partial charge in [0.05, 0.1) is 6.61 Å². The number of benzene rings is 2. The van der Waals surface area contributed by atoms with Crippen LogP contribution in [0.5, 0.6) is 0 Å². The monoisotopic (exact) mass is 320 g/mol. The Morgan fingerprint density at radius 2 is 2.00 bits per heavy atom. The van der Waals surface area contributed by atoms with Crippen molar-refractivity contribution in [3.63, 3.8) is 0 Å². The molecule has 0 spiro atoms. The van der Waals surface area contributed by atoms with Crippen LogP contribution in [0, 0.1) is 13.8 Å². The molecule has 0 aromatic heterocycles. The Kier molecular flexibility index (Phi) is 4.25. The van der Waals surface area contributed by atoms with Crippen molar-refractivity contribution in [2.45, 2.75) is 27.2 Å². The van der Waals surface area contributed by atoms with Crippen LogP contribution in [-0.4, -0.2) is 12.6 Å². The summed E-state index contributed by atoms with van der Waals surface area (Å²) in [6.07, 6.45) is 0.727. The third kappa shape index (κ3) is 2.98. The first-order valence-corrected chi connectivity index (χ1v) is 7.10. The molecule has 0 N–H and O–H groups in total. The minimum Gasteiger partial charge on any atom is -0.466 e. The third-order valence-corrected chi connectivity index (χ3v) is 4.19. The van der Waals surface area contributed by atoms with E-state index in [1.54, 1.807) is 0 Å². The highest BCUT2D eigenvalue weighted by Crippen LogP contribution is 2.32. The first-order chi connectivity index (χ1) is 9.00. The van der Waals surface area contributed by atoms with Crippen molar-refractivity contribution < 1.29 is 9.53 Å². The zero-order valence-corrected chi connectivity index (χ0v) is 13.0. The van der Waals surface area contributed by atoms with E-state index in [0.717, 1.165) is 10.9 Å². The minimum atomic E-state index is -0.232. The Bertz CT molecular complexity index is 632. The second kappa shape index (κ2) is 5.74. The molecule has 19 heavy (non-hydrogen) atoms. The Hall–Kier alpha value is -1.35. The summed E-state index contributed by atoms with van der Waals surface area (Å²) >= 11 is 3.68. The number of carbonyl (C=O) groups excluding carboxylic acids is 1. The summed E-state index contributed by atoms with van der Waals surface area (Å²) in [5.74, 6) is -0.232. The van der Waals surface area contributed by atoms with Gasteiger partial charge in [-0.05, 0) is 57.2 Å². The summed E-state index contributed by atoms with van der Waals surface area (Å²) in [6.45, 7) is 6.10. The number of aryl methyl sites for hydroxylation is 2. The van der Waals surface area contributed by atoms with E-state index in [2.05, 4.69) is 54.0 Å². The van der Waals surface area contributed by atoms with E-state index in [1.807, 2.05) is 0 Å². The molecule has 2 rings (SSSR count). The zero-order valence-electron chi connectivity index (χ0n) is 11.4. The number of fused-ring (bicyclic) bond motifs is 1. The van der Waals surface area contributed by atoms with Gasteiger partial charge in [-0.25, -0.2) is 0 Å². The molecule has 0 aliphatic heterocycles. The van der Waals surface area contributed by atoms with Gasteiger partial charge in [-0.15, -0.1) is 0 Å². The molecular formula is C16H17BrO2. The van der Waals surface area contributed by atoms with Gasteiger partial charge in [0.15, 0.2) is 0 Å². The number of halogens is 1. The second-order valence-corrected chi connectivity index (χ2v) is 5.55. The summed E-state index contributed by atoms with van der Waals surface area (Å²) in [4.78, 5) is 10.8. The molecular weight excluding hydrogens is 304 g/mol. The van der Waals surface area contributed by atoms with Crippen molar-refractivity contribution >= 4 is 32.7 Å². The summed E-state index contributed by atoms with van der Waals surface area (Å²) < 4.78 is 6.12. The summed E-state index contributed by atoms with van der Waals surface area (Å²) in [5, 5.41) is 2.52. The molecule has 0 aliphatic rings. The lowest BCUT2D eigenvalue weighted by molar-refractivity contribution is -0.140. The Morgan fingerprint density at radius 3 is 2.68 bits per heavy atom. The molecule has 0 heterocycles. The topological polar surface area (TPSA) is 26.3 Å². The van der Waals surface area contributed by atoms with E-state index >= 15 is 0 Å². The lowest BCUT2D eigenvalue weighted by Crippen LogP contribution is -2.04. The van der Waals surface area contributed by atoms with Crippen molar-refractivity contribution in [3.05, 3.63) is 45.4 Å². The molecule has 100 valence electrons. The number of ether oxygens (including phenoxy) is 1. The van der Waals surface area contributed by atoms with Crippen molar-refractivity contribution in [3.8, 4) is 0 Å². The molecule has 0 atom stereocenters. The van der Waals surface area contributed by atoms with Crippen LogP contribution >= 0.6 is 15.9 Å². The Balaban J connectivity index is 2.42. The van der Waals surface area contributed by atoms with Gasteiger partial charge < -0.3 is 4.74 Å². The molecule has 0 fully saturated rings. The predicted molar refractivity (Wildman–Crippen MR) is 81.5 cm³/mol. The van der Waals surface area contributed by atoms with E-state index in [9.17, 15) is 4.79 Å². The second-order valence-electron chi connectivity index (χ2n) is 4.75. The highest BCUT2D eigenvalue weighted by molar-refractivity contribution is 9.10. The summed E-state index contributed by atoms with van der Waals surface area (Å²) in [5.41, 5.74) is 3.72. The molecule has 0 saturated carbocycles. The molecule has 0 saturated heterocycles. The van der Waals surface area contributed by atoms with Crippen molar-refractivity contribution in [1.82, 2.24) is 0 Å². The first-order valence-electron chi connectivity index (χ1n) is 6.31. The lowest BCUT2D eigenvalue weighted by atomic mass is 9.97. The predicted octanol–water partition coefficient (Wildman–Crippen LogP) is 4.32. The maximum Gasteiger partial charge on any atom is 0.302 e. The average Bonchev–Trinajstić information content (AvgIpc) is 2.34. The number of carbonyl (C=O) groups is 1. The van der Waals surface area contributed by atoms with Crippen LogP contribution in [0.2, 0.25) is 0 Å². The Morgan fingerprint density at radius 1 is 1.26 bits per heavy atom. The van der Waals surface area contributed by atoms with E-state index < -0.39 is 0 Å². The first kappa shape index (κ1) is 14.1. The third-order valence-electron chi connectivity index (χ3n) is 3.25. The standard InChI is InChI=1S/C16H17BrO2/c1-10-5-4-6-14-15(10)11(2)9-13(16(14)17)7-8-19-12(3)18/h4-6,9H,7-8H2,1-3H3. The van der Waals surface area contributed by atoms with Crippen LogP contribution in [0.25, 0.3) is 10.8 Å². The van der Waals surface area contributed by atoms with Gasteiger partial charge in [0.1, 0.15) is 0 Å². The fourth-order valence-electron chi connectivity index (χ4n) is 2.43. The molecule has 0 bridgehead atoms. The fourth-order valence-corrected chi connectivity index (χ4v) is 3.07. The SMILES string of the molecule is CC(=O)OCCc1cc(C)c2c(C)cccc2c1Br.